The Balaban J connectivity index is 1.57. The van der Waals surface area contributed by atoms with Crippen molar-refractivity contribution in [3.05, 3.63) is 78.4 Å². The lowest BCUT2D eigenvalue weighted by molar-refractivity contribution is 0.155. The highest BCUT2D eigenvalue weighted by Gasteiger charge is 2.11. The summed E-state index contributed by atoms with van der Waals surface area (Å²) < 4.78 is 7.58. The van der Waals surface area contributed by atoms with Gasteiger partial charge in [-0.1, -0.05) is 48.5 Å². The van der Waals surface area contributed by atoms with Crippen LogP contribution in [-0.4, -0.2) is 10.7 Å². The molecule has 0 unspecified atom stereocenters. The molecule has 3 aromatic carbocycles. The largest absolute Gasteiger partial charge is 0.444 e. The third-order valence-electron chi connectivity index (χ3n) is 4.55. The minimum absolute atomic E-state index is 0.254. The van der Waals surface area contributed by atoms with Crippen LogP contribution in [-0.2, 0) is 17.9 Å². The minimum atomic E-state index is -0.451. The Morgan fingerprint density at radius 1 is 0.923 bits per heavy atom. The number of nitrogens with one attached hydrogen (secondary N) is 1. The Labute approximate surface area is 152 Å². The first-order chi connectivity index (χ1) is 12.8. The molecule has 26 heavy (non-hydrogen) atoms. The molecule has 1 amide bonds. The van der Waals surface area contributed by atoms with Crippen LogP contribution in [0.1, 0.15) is 12.5 Å². The fourth-order valence-corrected chi connectivity index (χ4v) is 3.35. The molecule has 0 aliphatic heterocycles. The van der Waals surface area contributed by atoms with Crippen molar-refractivity contribution in [2.24, 2.45) is 0 Å². The molecule has 4 heteroatoms. The average Bonchev–Trinajstić information content (AvgIpc) is 3.00. The Bertz CT molecular complexity index is 1070. The van der Waals surface area contributed by atoms with E-state index in [0.717, 1.165) is 28.7 Å². The number of hydrogen-bond acceptors (Lipinski definition) is 2. The number of carbonyl (C=O) groups is 1. The van der Waals surface area contributed by atoms with Gasteiger partial charge in [0.25, 0.3) is 0 Å². The predicted octanol–water partition coefficient (Wildman–Crippen LogP) is 5.56. The molecule has 0 aliphatic carbocycles. The lowest BCUT2D eigenvalue weighted by atomic mass is 10.1. The van der Waals surface area contributed by atoms with E-state index in [1.165, 1.54) is 10.9 Å². The zero-order valence-corrected chi connectivity index (χ0v) is 14.6. The van der Waals surface area contributed by atoms with Crippen molar-refractivity contribution in [2.45, 2.75) is 20.1 Å². The first kappa shape index (κ1) is 16.2. The molecule has 0 fully saturated rings. The highest BCUT2D eigenvalue weighted by Crippen LogP contribution is 2.31. The number of hydrogen-bond donors (Lipinski definition) is 1. The SMILES string of the molecule is CCn1c2ccccc2c2cc(NC(=O)OCc3ccccc3)ccc21. The summed E-state index contributed by atoms with van der Waals surface area (Å²) in [5, 5.41) is 5.14. The third kappa shape index (κ3) is 3.02. The van der Waals surface area contributed by atoms with Crippen molar-refractivity contribution < 1.29 is 9.53 Å². The number of benzene rings is 3. The Morgan fingerprint density at radius 3 is 2.46 bits per heavy atom. The van der Waals surface area contributed by atoms with Gasteiger partial charge >= 0.3 is 6.09 Å². The van der Waals surface area contributed by atoms with Gasteiger partial charge in [0.2, 0.25) is 0 Å². The lowest BCUT2D eigenvalue weighted by Crippen LogP contribution is -2.13. The summed E-state index contributed by atoms with van der Waals surface area (Å²) in [7, 11) is 0. The van der Waals surface area contributed by atoms with Crippen molar-refractivity contribution in [1.29, 1.82) is 0 Å². The van der Waals surface area contributed by atoms with Crippen molar-refractivity contribution in [3.8, 4) is 0 Å². The zero-order valence-electron chi connectivity index (χ0n) is 14.6. The summed E-state index contributed by atoms with van der Waals surface area (Å²) >= 11 is 0. The topological polar surface area (TPSA) is 43.3 Å². The quantitative estimate of drug-likeness (QED) is 0.526. The van der Waals surface area contributed by atoms with Gasteiger partial charge in [-0.25, -0.2) is 4.79 Å². The molecular weight excluding hydrogens is 324 g/mol. The molecule has 1 N–H and O–H groups in total. The molecule has 4 aromatic rings. The van der Waals surface area contributed by atoms with Crippen molar-refractivity contribution in [1.82, 2.24) is 4.57 Å². The molecule has 0 spiro atoms. The standard InChI is InChI=1S/C22H20N2O2/c1-2-24-20-11-7-6-10-18(20)19-14-17(12-13-21(19)24)23-22(25)26-15-16-8-4-3-5-9-16/h3-14H,2,15H2,1H3,(H,23,25). The molecule has 1 heterocycles. The maximum absolute atomic E-state index is 12.1. The molecule has 0 saturated carbocycles. The number of aromatic nitrogens is 1. The van der Waals surface area contributed by atoms with Gasteiger partial charge in [0, 0.05) is 34.0 Å². The van der Waals surface area contributed by atoms with Crippen molar-refractivity contribution in [2.75, 3.05) is 5.32 Å². The molecule has 4 nitrogen and oxygen atoms in total. The van der Waals surface area contributed by atoms with Crippen LogP contribution in [0.3, 0.4) is 0 Å². The Hall–Kier alpha value is -3.27. The van der Waals surface area contributed by atoms with Crippen LogP contribution in [0.4, 0.5) is 10.5 Å². The fourth-order valence-electron chi connectivity index (χ4n) is 3.35. The van der Waals surface area contributed by atoms with E-state index in [9.17, 15) is 4.79 Å². The van der Waals surface area contributed by atoms with Crippen LogP contribution in [0.25, 0.3) is 21.8 Å². The lowest BCUT2D eigenvalue weighted by Gasteiger charge is -2.08. The highest BCUT2D eigenvalue weighted by molar-refractivity contribution is 6.09. The van der Waals surface area contributed by atoms with E-state index < -0.39 is 6.09 Å². The van der Waals surface area contributed by atoms with E-state index in [0.29, 0.717) is 0 Å². The second kappa shape index (κ2) is 6.92. The van der Waals surface area contributed by atoms with E-state index in [1.807, 2.05) is 60.7 Å². The third-order valence-corrected chi connectivity index (χ3v) is 4.55. The molecule has 4 rings (SSSR count). The first-order valence-corrected chi connectivity index (χ1v) is 8.75. The number of carbonyl (C=O) groups excluding carboxylic acids is 1. The summed E-state index contributed by atoms with van der Waals surface area (Å²) in [6.45, 7) is 3.29. The second-order valence-electron chi connectivity index (χ2n) is 6.18. The van der Waals surface area contributed by atoms with Gasteiger partial charge in [-0.15, -0.1) is 0 Å². The van der Waals surface area contributed by atoms with Crippen LogP contribution >= 0.6 is 0 Å². The van der Waals surface area contributed by atoms with Crippen LogP contribution < -0.4 is 5.32 Å². The van der Waals surface area contributed by atoms with Gasteiger partial charge in [-0.05, 0) is 36.8 Å². The van der Waals surface area contributed by atoms with Crippen LogP contribution in [0.5, 0.6) is 0 Å². The molecule has 130 valence electrons. The van der Waals surface area contributed by atoms with E-state index in [1.54, 1.807) is 0 Å². The average molecular weight is 344 g/mol. The summed E-state index contributed by atoms with van der Waals surface area (Å²) in [4.78, 5) is 12.1. The van der Waals surface area contributed by atoms with Gasteiger partial charge in [0.15, 0.2) is 0 Å². The van der Waals surface area contributed by atoms with E-state index >= 15 is 0 Å². The number of ether oxygens (including phenoxy) is 1. The first-order valence-electron chi connectivity index (χ1n) is 8.75. The number of aryl methyl sites for hydroxylation is 1. The van der Waals surface area contributed by atoms with Gasteiger partial charge in [0.05, 0.1) is 0 Å². The summed E-state index contributed by atoms with van der Waals surface area (Å²) in [5.41, 5.74) is 4.06. The van der Waals surface area contributed by atoms with E-state index in [-0.39, 0.29) is 6.61 Å². The highest BCUT2D eigenvalue weighted by atomic mass is 16.5. The summed E-state index contributed by atoms with van der Waals surface area (Å²) in [6.07, 6.45) is -0.451. The minimum Gasteiger partial charge on any atom is -0.444 e. The molecule has 0 saturated heterocycles. The number of rotatable bonds is 4. The van der Waals surface area contributed by atoms with Crippen LogP contribution in [0, 0.1) is 0 Å². The second-order valence-corrected chi connectivity index (χ2v) is 6.18. The Kier molecular flexibility index (Phi) is 4.32. The van der Waals surface area contributed by atoms with Gasteiger partial charge in [-0.3, -0.25) is 5.32 Å². The van der Waals surface area contributed by atoms with Gasteiger partial charge in [-0.2, -0.15) is 0 Å². The smallest absolute Gasteiger partial charge is 0.411 e. The van der Waals surface area contributed by atoms with Crippen molar-refractivity contribution in [3.63, 3.8) is 0 Å². The zero-order chi connectivity index (χ0) is 17.9. The molecule has 1 aromatic heterocycles. The monoisotopic (exact) mass is 344 g/mol. The van der Waals surface area contributed by atoms with Gasteiger partial charge in [0.1, 0.15) is 6.61 Å². The molecule has 0 bridgehead atoms. The predicted molar refractivity (Wildman–Crippen MR) is 105 cm³/mol. The number of amides is 1. The summed E-state index contributed by atoms with van der Waals surface area (Å²) in [5.74, 6) is 0. The molecule has 0 radical (unpaired) electrons. The summed E-state index contributed by atoms with van der Waals surface area (Å²) in [6, 6.07) is 23.9. The van der Waals surface area contributed by atoms with Crippen LogP contribution in [0.2, 0.25) is 0 Å². The molecular formula is C22H20N2O2. The maximum Gasteiger partial charge on any atom is 0.411 e. The Morgan fingerprint density at radius 2 is 1.65 bits per heavy atom. The number of para-hydroxylation sites is 1. The normalized spacial score (nSPS) is 11.0. The van der Waals surface area contributed by atoms with Crippen LogP contribution in [0.15, 0.2) is 72.8 Å². The number of nitrogens with zero attached hydrogens (tertiary/aromatic N) is 1. The fraction of sp³-hybridized carbons (Fsp3) is 0.136. The maximum atomic E-state index is 12.1. The molecule has 0 atom stereocenters. The van der Waals surface area contributed by atoms with E-state index in [2.05, 4.69) is 28.9 Å². The number of fused-ring (bicyclic) bond motifs is 3. The van der Waals surface area contributed by atoms with Gasteiger partial charge < -0.3 is 9.30 Å². The number of anilines is 1. The van der Waals surface area contributed by atoms with Crippen molar-refractivity contribution >= 4 is 33.6 Å². The van der Waals surface area contributed by atoms with E-state index in [4.69, 9.17) is 4.74 Å². The molecule has 0 aliphatic rings.